The minimum Gasteiger partial charge on any atom is -0.496 e. The van der Waals surface area contributed by atoms with Crippen LogP contribution in [0.4, 0.5) is 0 Å². The van der Waals surface area contributed by atoms with Gasteiger partial charge in [0.1, 0.15) is 29.7 Å². The van der Waals surface area contributed by atoms with Gasteiger partial charge < -0.3 is 29.6 Å². The number of aliphatic imine (C=N–C) groups is 1. The van der Waals surface area contributed by atoms with Gasteiger partial charge in [-0.25, -0.2) is 9.67 Å². The van der Waals surface area contributed by atoms with E-state index in [-0.39, 0.29) is 6.04 Å². The number of nitrogens with zero attached hydrogens (tertiary/aromatic N) is 4. The molecule has 0 spiro atoms. The molecule has 2 heterocycles. The van der Waals surface area contributed by atoms with Gasteiger partial charge in [0.05, 0.1) is 27.4 Å². The van der Waals surface area contributed by atoms with Crippen LogP contribution in [0.2, 0.25) is 0 Å². The number of hydrogen-bond donors (Lipinski definition) is 2. The van der Waals surface area contributed by atoms with Crippen LogP contribution < -0.4 is 24.8 Å². The minimum absolute atomic E-state index is 0.248. The number of aromatic nitrogens is 3. The summed E-state index contributed by atoms with van der Waals surface area (Å²) in [4.78, 5) is 9.23. The molecule has 1 atom stereocenters. The Kier molecular flexibility index (Phi) is 8.97. The molecule has 1 aliphatic rings. The Morgan fingerprint density at radius 1 is 1.16 bits per heavy atom. The fraction of sp³-hybridized carbons (Fsp3) is 0.591. The van der Waals surface area contributed by atoms with Crippen molar-refractivity contribution in [3.05, 3.63) is 29.8 Å². The molecule has 1 unspecified atom stereocenters. The number of fused-ring (bicyclic) bond motifs is 1. The average molecular weight is 447 g/mol. The maximum atomic E-state index is 5.85. The Morgan fingerprint density at radius 2 is 1.91 bits per heavy atom. The topological polar surface area (TPSA) is 104 Å². The SMILES string of the molecule is CCNC(=NCCCOc1cc(OC)cc(OC)c1)NC1CCc2nc(COC)nn2C1. The predicted octanol–water partition coefficient (Wildman–Crippen LogP) is 1.78. The molecular weight excluding hydrogens is 412 g/mol. The lowest BCUT2D eigenvalue weighted by molar-refractivity contribution is 0.177. The lowest BCUT2D eigenvalue weighted by atomic mass is 10.1. The molecule has 0 bridgehead atoms. The maximum absolute atomic E-state index is 5.85. The summed E-state index contributed by atoms with van der Waals surface area (Å²) in [6.07, 6.45) is 2.65. The number of nitrogens with one attached hydrogen (secondary N) is 2. The smallest absolute Gasteiger partial charge is 0.191 e. The van der Waals surface area contributed by atoms with Gasteiger partial charge in [-0.15, -0.1) is 0 Å². The Labute approximate surface area is 189 Å². The van der Waals surface area contributed by atoms with Gasteiger partial charge >= 0.3 is 0 Å². The highest BCUT2D eigenvalue weighted by atomic mass is 16.5. The number of ether oxygens (including phenoxy) is 4. The van der Waals surface area contributed by atoms with Crippen LogP contribution >= 0.6 is 0 Å². The van der Waals surface area contributed by atoms with Crippen LogP contribution in [0.1, 0.15) is 31.4 Å². The molecule has 0 saturated heterocycles. The van der Waals surface area contributed by atoms with Crippen molar-refractivity contribution in [2.45, 2.75) is 45.4 Å². The van der Waals surface area contributed by atoms with E-state index >= 15 is 0 Å². The van der Waals surface area contributed by atoms with Crippen molar-refractivity contribution >= 4 is 5.96 Å². The van der Waals surface area contributed by atoms with Gasteiger partial charge in [0.25, 0.3) is 0 Å². The molecular formula is C22H34N6O4. The highest BCUT2D eigenvalue weighted by molar-refractivity contribution is 5.80. The summed E-state index contributed by atoms with van der Waals surface area (Å²) < 4.78 is 23.5. The zero-order valence-corrected chi connectivity index (χ0v) is 19.4. The van der Waals surface area contributed by atoms with Crippen molar-refractivity contribution in [3.8, 4) is 17.2 Å². The molecule has 0 amide bonds. The lowest BCUT2D eigenvalue weighted by Crippen LogP contribution is -2.47. The van der Waals surface area contributed by atoms with Gasteiger partial charge in [-0.1, -0.05) is 0 Å². The number of rotatable bonds is 11. The van der Waals surface area contributed by atoms with Gasteiger partial charge in [0, 0.05) is 57.3 Å². The number of aryl methyl sites for hydroxylation is 1. The van der Waals surface area contributed by atoms with E-state index in [9.17, 15) is 0 Å². The summed E-state index contributed by atoms with van der Waals surface area (Å²) >= 11 is 0. The molecule has 32 heavy (non-hydrogen) atoms. The van der Waals surface area contributed by atoms with Crippen molar-refractivity contribution in [2.75, 3.05) is 41.0 Å². The zero-order valence-electron chi connectivity index (χ0n) is 19.4. The molecule has 10 nitrogen and oxygen atoms in total. The minimum atomic E-state index is 0.248. The van der Waals surface area contributed by atoms with E-state index in [1.807, 2.05) is 22.9 Å². The third-order valence-corrected chi connectivity index (χ3v) is 5.03. The van der Waals surface area contributed by atoms with Crippen LogP contribution in [0, 0.1) is 0 Å². The first kappa shape index (κ1) is 23.6. The summed E-state index contributed by atoms with van der Waals surface area (Å²) in [5, 5.41) is 11.4. The van der Waals surface area contributed by atoms with Gasteiger partial charge in [0.15, 0.2) is 11.8 Å². The third-order valence-electron chi connectivity index (χ3n) is 5.03. The molecule has 2 N–H and O–H groups in total. The quantitative estimate of drug-likeness (QED) is 0.306. The predicted molar refractivity (Wildman–Crippen MR) is 122 cm³/mol. The lowest BCUT2D eigenvalue weighted by Gasteiger charge is -2.25. The van der Waals surface area contributed by atoms with Crippen LogP contribution in [0.5, 0.6) is 17.2 Å². The second-order valence-corrected chi connectivity index (χ2v) is 7.45. The third kappa shape index (κ3) is 6.74. The first-order valence-electron chi connectivity index (χ1n) is 11.0. The number of benzene rings is 1. The van der Waals surface area contributed by atoms with Gasteiger partial charge in [0.2, 0.25) is 0 Å². The van der Waals surface area contributed by atoms with Gasteiger partial charge in [-0.05, 0) is 13.3 Å². The van der Waals surface area contributed by atoms with Crippen LogP contribution in [-0.2, 0) is 24.3 Å². The number of guanidine groups is 1. The Hall–Kier alpha value is -3.01. The van der Waals surface area contributed by atoms with E-state index in [2.05, 4.69) is 27.6 Å². The monoisotopic (exact) mass is 446 g/mol. The summed E-state index contributed by atoms with van der Waals surface area (Å²) in [5.41, 5.74) is 0. The molecule has 1 aromatic heterocycles. The first-order chi connectivity index (χ1) is 15.6. The fourth-order valence-electron chi connectivity index (χ4n) is 3.49. The first-order valence-corrected chi connectivity index (χ1v) is 11.0. The van der Waals surface area contributed by atoms with Crippen molar-refractivity contribution in [3.63, 3.8) is 0 Å². The molecule has 10 heteroatoms. The van der Waals surface area contributed by atoms with E-state index < -0.39 is 0 Å². The highest BCUT2D eigenvalue weighted by Crippen LogP contribution is 2.27. The summed E-state index contributed by atoms with van der Waals surface area (Å²) in [7, 11) is 4.90. The zero-order chi connectivity index (χ0) is 22.8. The van der Waals surface area contributed by atoms with Crippen molar-refractivity contribution in [1.29, 1.82) is 0 Å². The summed E-state index contributed by atoms with van der Waals surface area (Å²) in [5.74, 6) is 4.68. The molecule has 0 saturated carbocycles. The largest absolute Gasteiger partial charge is 0.496 e. The average Bonchev–Trinajstić information content (AvgIpc) is 3.20. The summed E-state index contributed by atoms with van der Waals surface area (Å²) in [6, 6.07) is 5.75. The molecule has 1 aromatic carbocycles. The van der Waals surface area contributed by atoms with E-state index in [1.54, 1.807) is 21.3 Å². The molecule has 176 valence electrons. The fourth-order valence-corrected chi connectivity index (χ4v) is 3.49. The van der Waals surface area contributed by atoms with Crippen LogP contribution in [-0.4, -0.2) is 67.8 Å². The number of hydrogen-bond acceptors (Lipinski definition) is 7. The standard InChI is InChI=1S/C22H34N6O4/c1-5-23-22(25-16-7-8-21-26-20(15-29-2)27-28(21)14-16)24-9-6-10-32-19-12-17(30-3)11-18(13-19)31-4/h11-13,16H,5-10,14-15H2,1-4H3,(H2,23,24,25). The van der Waals surface area contributed by atoms with Crippen LogP contribution in [0.3, 0.4) is 0 Å². The van der Waals surface area contributed by atoms with E-state index in [0.717, 1.165) is 50.0 Å². The van der Waals surface area contributed by atoms with E-state index in [1.165, 1.54) is 0 Å². The number of methoxy groups -OCH3 is 3. The Balaban J connectivity index is 1.48. The molecule has 0 fully saturated rings. The molecule has 0 aliphatic carbocycles. The second-order valence-electron chi connectivity index (χ2n) is 7.45. The summed E-state index contributed by atoms with van der Waals surface area (Å²) in [6.45, 7) is 5.25. The Bertz CT molecular complexity index is 863. The Morgan fingerprint density at radius 3 is 2.59 bits per heavy atom. The maximum Gasteiger partial charge on any atom is 0.191 e. The van der Waals surface area contributed by atoms with Gasteiger partial charge in [-0.2, -0.15) is 5.10 Å². The van der Waals surface area contributed by atoms with Crippen LogP contribution in [0.25, 0.3) is 0 Å². The van der Waals surface area contributed by atoms with Crippen molar-refractivity contribution in [1.82, 2.24) is 25.4 Å². The highest BCUT2D eigenvalue weighted by Gasteiger charge is 2.22. The van der Waals surface area contributed by atoms with Crippen molar-refractivity contribution < 1.29 is 18.9 Å². The van der Waals surface area contributed by atoms with Crippen molar-refractivity contribution in [2.24, 2.45) is 4.99 Å². The normalized spacial score (nSPS) is 15.8. The van der Waals surface area contributed by atoms with E-state index in [4.69, 9.17) is 23.9 Å². The second kappa shape index (κ2) is 12.1. The van der Waals surface area contributed by atoms with E-state index in [0.29, 0.717) is 37.0 Å². The molecule has 0 radical (unpaired) electrons. The molecule has 3 rings (SSSR count). The van der Waals surface area contributed by atoms with Crippen LogP contribution in [0.15, 0.2) is 23.2 Å². The molecule has 1 aliphatic heterocycles. The molecule has 2 aromatic rings. The van der Waals surface area contributed by atoms with Gasteiger partial charge in [-0.3, -0.25) is 4.99 Å².